The van der Waals surface area contributed by atoms with Crippen LogP contribution < -0.4 is 11.1 Å². The fourth-order valence-electron chi connectivity index (χ4n) is 2.07. The van der Waals surface area contributed by atoms with Crippen LogP contribution in [0.2, 0.25) is 10.0 Å². The maximum absolute atomic E-state index is 10.0. The van der Waals surface area contributed by atoms with Gasteiger partial charge in [-0.25, -0.2) is 0 Å². The topological polar surface area (TPSA) is 83.5 Å². The van der Waals surface area contributed by atoms with Crippen LogP contribution in [0.4, 0.5) is 0 Å². The van der Waals surface area contributed by atoms with Crippen LogP contribution in [0, 0.1) is 0 Å². The van der Waals surface area contributed by atoms with Crippen LogP contribution >= 0.6 is 23.2 Å². The average molecular weight is 353 g/mol. The molecule has 0 bridgehead atoms. The Morgan fingerprint density at radius 2 is 2.00 bits per heavy atom. The molecular weight excluding hydrogens is 335 g/mol. The first-order valence-corrected chi connectivity index (χ1v) is 7.82. The molecule has 0 spiro atoms. The number of aromatic nitrogens is 1. The zero-order chi connectivity index (χ0) is 16.8. The summed E-state index contributed by atoms with van der Waals surface area (Å²) in [7, 11) is 0. The summed E-state index contributed by atoms with van der Waals surface area (Å²) in [5.41, 5.74) is 7.47. The fourth-order valence-corrected chi connectivity index (χ4v) is 2.65. The van der Waals surface area contributed by atoms with Crippen molar-refractivity contribution in [2.45, 2.75) is 19.1 Å². The van der Waals surface area contributed by atoms with Gasteiger partial charge in [-0.1, -0.05) is 29.3 Å². The molecule has 2 rings (SSSR count). The van der Waals surface area contributed by atoms with E-state index in [1.165, 1.54) is 0 Å². The van der Waals surface area contributed by atoms with Crippen molar-refractivity contribution >= 4 is 29.2 Å². The molecule has 1 aromatic heterocycles. The smallest absolute Gasteiger partial charge is 0.189 e. The zero-order valence-corrected chi connectivity index (χ0v) is 14.1. The molecule has 0 saturated heterocycles. The molecule has 2 unspecified atom stereocenters. The lowest BCUT2D eigenvalue weighted by molar-refractivity contribution is 0.187. The Bertz CT molecular complexity index is 679. The Hall–Kier alpha value is -1.82. The lowest BCUT2D eigenvalue weighted by Gasteiger charge is -2.17. The van der Waals surface area contributed by atoms with Gasteiger partial charge >= 0.3 is 0 Å². The van der Waals surface area contributed by atoms with Gasteiger partial charge in [0.1, 0.15) is 0 Å². The fraction of sp³-hybridized carbons (Fsp3) is 0.250. The summed E-state index contributed by atoms with van der Waals surface area (Å²) in [6.07, 6.45) is 2.51. The van der Waals surface area contributed by atoms with E-state index in [0.717, 1.165) is 11.1 Å². The Kier molecular flexibility index (Phi) is 6.21. The second-order valence-electron chi connectivity index (χ2n) is 5.05. The molecule has 0 aliphatic rings. The standard InChI is InChI=1S/C16H18Cl2N4O/c1-10(13-3-2-12(17)8-14(13)18)22-16(19)21-9-15(23)11-4-6-20-7-5-11/h2-8,10,15,23H,9H2,1H3,(H3,19,21,22). The van der Waals surface area contributed by atoms with Gasteiger partial charge in [0.25, 0.3) is 0 Å². The van der Waals surface area contributed by atoms with Crippen molar-refractivity contribution in [3.63, 3.8) is 0 Å². The summed E-state index contributed by atoms with van der Waals surface area (Å²) in [5, 5.41) is 14.2. The van der Waals surface area contributed by atoms with Crippen LogP contribution in [0.1, 0.15) is 30.2 Å². The second kappa shape index (κ2) is 8.15. The Morgan fingerprint density at radius 3 is 2.65 bits per heavy atom. The number of nitrogens with zero attached hydrogens (tertiary/aromatic N) is 2. The van der Waals surface area contributed by atoms with E-state index in [2.05, 4.69) is 15.3 Å². The minimum atomic E-state index is -0.729. The molecule has 1 aromatic carbocycles. The van der Waals surface area contributed by atoms with E-state index in [1.807, 2.05) is 13.0 Å². The number of aliphatic imine (C=N–C) groups is 1. The van der Waals surface area contributed by atoms with Gasteiger partial charge in [-0.3, -0.25) is 9.98 Å². The van der Waals surface area contributed by atoms with Crippen LogP contribution in [0.5, 0.6) is 0 Å². The monoisotopic (exact) mass is 352 g/mol. The van der Waals surface area contributed by atoms with Gasteiger partial charge in [0.2, 0.25) is 0 Å². The summed E-state index contributed by atoms with van der Waals surface area (Å²) in [5.74, 6) is 0.233. The number of aliphatic hydroxyl groups excluding tert-OH is 1. The van der Waals surface area contributed by atoms with E-state index in [1.54, 1.807) is 36.7 Å². The van der Waals surface area contributed by atoms with E-state index in [0.29, 0.717) is 10.0 Å². The summed E-state index contributed by atoms with van der Waals surface area (Å²) < 4.78 is 0. The maximum atomic E-state index is 10.0. The minimum absolute atomic E-state index is 0.137. The summed E-state index contributed by atoms with van der Waals surface area (Å²) in [4.78, 5) is 8.06. The van der Waals surface area contributed by atoms with Gasteiger partial charge in [-0.15, -0.1) is 0 Å². The number of guanidine groups is 1. The van der Waals surface area contributed by atoms with Crippen molar-refractivity contribution < 1.29 is 5.11 Å². The highest BCUT2D eigenvalue weighted by Crippen LogP contribution is 2.25. The number of hydrogen-bond donors (Lipinski definition) is 3. The van der Waals surface area contributed by atoms with Crippen LogP contribution in [0.15, 0.2) is 47.7 Å². The SMILES string of the molecule is CC(NC(N)=NCC(O)c1ccncc1)c1ccc(Cl)cc1Cl. The Balaban J connectivity index is 1.96. The summed E-state index contributed by atoms with van der Waals surface area (Å²) in [6.45, 7) is 2.07. The second-order valence-corrected chi connectivity index (χ2v) is 5.90. The highest BCUT2D eigenvalue weighted by Gasteiger charge is 2.11. The number of benzene rings is 1. The zero-order valence-electron chi connectivity index (χ0n) is 12.6. The van der Waals surface area contributed by atoms with Gasteiger partial charge in [0, 0.05) is 22.4 Å². The third kappa shape index (κ3) is 5.10. The van der Waals surface area contributed by atoms with E-state index in [-0.39, 0.29) is 18.5 Å². The predicted molar refractivity (Wildman–Crippen MR) is 93.7 cm³/mol. The highest BCUT2D eigenvalue weighted by atomic mass is 35.5. The van der Waals surface area contributed by atoms with Gasteiger partial charge in [0.05, 0.1) is 18.7 Å². The molecule has 0 aliphatic carbocycles. The lowest BCUT2D eigenvalue weighted by atomic mass is 10.1. The first-order chi connectivity index (χ1) is 11.0. The molecule has 2 atom stereocenters. The maximum Gasteiger partial charge on any atom is 0.189 e. The lowest BCUT2D eigenvalue weighted by Crippen LogP contribution is -2.34. The molecule has 1 heterocycles. The number of nitrogens with one attached hydrogen (secondary N) is 1. The van der Waals surface area contributed by atoms with Crippen molar-refractivity contribution in [1.82, 2.24) is 10.3 Å². The largest absolute Gasteiger partial charge is 0.386 e. The van der Waals surface area contributed by atoms with Gasteiger partial charge in [-0.2, -0.15) is 0 Å². The average Bonchev–Trinajstić information content (AvgIpc) is 2.53. The van der Waals surface area contributed by atoms with Crippen LogP contribution in [0.25, 0.3) is 0 Å². The van der Waals surface area contributed by atoms with E-state index in [4.69, 9.17) is 28.9 Å². The normalized spacial score (nSPS) is 14.3. The number of hydrogen-bond acceptors (Lipinski definition) is 3. The molecule has 23 heavy (non-hydrogen) atoms. The third-order valence-electron chi connectivity index (χ3n) is 3.32. The first-order valence-electron chi connectivity index (χ1n) is 7.06. The first kappa shape index (κ1) is 17.5. The van der Waals surface area contributed by atoms with Crippen LogP contribution in [-0.4, -0.2) is 22.6 Å². The molecule has 0 fully saturated rings. The van der Waals surface area contributed by atoms with Gasteiger partial charge in [0.15, 0.2) is 5.96 Å². The number of nitrogens with two attached hydrogens (primary N) is 1. The van der Waals surface area contributed by atoms with Crippen molar-refractivity contribution in [3.05, 3.63) is 63.9 Å². The molecule has 122 valence electrons. The van der Waals surface area contributed by atoms with Crippen LogP contribution in [-0.2, 0) is 0 Å². The quantitative estimate of drug-likeness (QED) is 0.570. The number of halogens is 2. The van der Waals surface area contributed by atoms with Crippen molar-refractivity contribution in [2.24, 2.45) is 10.7 Å². The molecule has 0 saturated carbocycles. The molecule has 4 N–H and O–H groups in total. The number of pyridine rings is 1. The highest BCUT2D eigenvalue weighted by molar-refractivity contribution is 6.35. The third-order valence-corrected chi connectivity index (χ3v) is 3.88. The molecule has 7 heteroatoms. The molecule has 0 amide bonds. The summed E-state index contributed by atoms with van der Waals surface area (Å²) >= 11 is 12.0. The van der Waals surface area contributed by atoms with Crippen molar-refractivity contribution in [1.29, 1.82) is 0 Å². The predicted octanol–water partition coefficient (Wildman–Crippen LogP) is 3.09. The molecule has 0 aliphatic heterocycles. The molecule has 0 radical (unpaired) electrons. The Morgan fingerprint density at radius 1 is 1.30 bits per heavy atom. The number of aliphatic hydroxyl groups is 1. The Labute approximate surface area is 145 Å². The van der Waals surface area contributed by atoms with Crippen molar-refractivity contribution in [2.75, 3.05) is 6.54 Å². The van der Waals surface area contributed by atoms with Crippen LogP contribution in [0.3, 0.4) is 0 Å². The van der Waals surface area contributed by atoms with Gasteiger partial charge in [-0.05, 0) is 42.3 Å². The minimum Gasteiger partial charge on any atom is -0.386 e. The van der Waals surface area contributed by atoms with E-state index in [9.17, 15) is 5.11 Å². The van der Waals surface area contributed by atoms with Crippen molar-refractivity contribution in [3.8, 4) is 0 Å². The molecule has 2 aromatic rings. The number of rotatable bonds is 5. The molecular formula is C16H18Cl2N4O. The molecule has 5 nitrogen and oxygen atoms in total. The van der Waals surface area contributed by atoms with E-state index >= 15 is 0 Å². The van der Waals surface area contributed by atoms with Gasteiger partial charge < -0.3 is 16.2 Å². The summed E-state index contributed by atoms with van der Waals surface area (Å²) in [6, 6.07) is 8.61. The van der Waals surface area contributed by atoms with E-state index < -0.39 is 6.10 Å².